The molecule has 1 aromatic rings. The Hall–Kier alpha value is -0.730. The summed E-state index contributed by atoms with van der Waals surface area (Å²) in [6.07, 6.45) is 2.39. The lowest BCUT2D eigenvalue weighted by atomic mass is 10.2. The van der Waals surface area contributed by atoms with Crippen molar-refractivity contribution in [2.45, 2.75) is 32.8 Å². The van der Waals surface area contributed by atoms with E-state index in [9.17, 15) is 0 Å². The molecule has 0 saturated carbocycles. The fourth-order valence-corrected chi connectivity index (χ4v) is 1.62. The zero-order chi connectivity index (χ0) is 11.8. The molecule has 3 heteroatoms. The summed E-state index contributed by atoms with van der Waals surface area (Å²) in [7, 11) is 0. The van der Waals surface area contributed by atoms with E-state index < -0.39 is 0 Å². The molecule has 0 amide bonds. The van der Waals surface area contributed by atoms with Crippen molar-refractivity contribution in [3.8, 4) is 5.75 Å². The largest absolute Gasteiger partial charge is 0.491 e. The summed E-state index contributed by atoms with van der Waals surface area (Å²) in [6.45, 7) is 6.31. The maximum Gasteiger partial charge on any atom is 0.121 e. The summed E-state index contributed by atoms with van der Waals surface area (Å²) in [5.74, 6) is 0.843. The van der Waals surface area contributed by atoms with Gasteiger partial charge in [0.15, 0.2) is 0 Å². The first-order chi connectivity index (χ1) is 7.72. The minimum Gasteiger partial charge on any atom is -0.491 e. The van der Waals surface area contributed by atoms with Crippen molar-refractivity contribution in [2.24, 2.45) is 0 Å². The highest BCUT2D eigenvalue weighted by atomic mass is 35.5. The fraction of sp³-hybridized carbons (Fsp3) is 0.538. The fourth-order valence-electron chi connectivity index (χ4n) is 1.44. The van der Waals surface area contributed by atoms with E-state index in [-0.39, 0.29) is 6.10 Å². The molecular formula is C13H20ClNO. The standard InChI is InChI=1S/C13H20ClNO/c1-3-8-15-9-7-11(2)16-13-6-4-5-12(14)10-13/h4-6,10-11,15H,3,7-9H2,1-2H3. The molecule has 0 bridgehead atoms. The minimum absolute atomic E-state index is 0.211. The molecule has 0 aliphatic heterocycles. The van der Waals surface area contributed by atoms with Crippen molar-refractivity contribution >= 4 is 11.6 Å². The molecule has 16 heavy (non-hydrogen) atoms. The number of hydrogen-bond acceptors (Lipinski definition) is 2. The minimum atomic E-state index is 0.211. The van der Waals surface area contributed by atoms with Crippen LogP contribution in [0, 0.1) is 0 Å². The average Bonchev–Trinajstić information content (AvgIpc) is 2.24. The third-order valence-corrected chi connectivity index (χ3v) is 2.52. The van der Waals surface area contributed by atoms with Crippen molar-refractivity contribution in [1.82, 2.24) is 5.32 Å². The summed E-state index contributed by atoms with van der Waals surface area (Å²) < 4.78 is 5.75. The van der Waals surface area contributed by atoms with Gasteiger partial charge in [-0.3, -0.25) is 0 Å². The van der Waals surface area contributed by atoms with Crippen LogP contribution in [0.15, 0.2) is 24.3 Å². The number of halogens is 1. The van der Waals surface area contributed by atoms with E-state index >= 15 is 0 Å². The highest BCUT2D eigenvalue weighted by Gasteiger charge is 2.03. The van der Waals surface area contributed by atoms with Gasteiger partial charge in [-0.15, -0.1) is 0 Å². The molecule has 1 N–H and O–H groups in total. The van der Waals surface area contributed by atoms with E-state index in [0.717, 1.165) is 25.3 Å². The van der Waals surface area contributed by atoms with Gasteiger partial charge >= 0.3 is 0 Å². The first-order valence-corrected chi connectivity index (χ1v) is 6.23. The van der Waals surface area contributed by atoms with Crippen molar-refractivity contribution < 1.29 is 4.74 Å². The number of nitrogens with one attached hydrogen (secondary N) is 1. The van der Waals surface area contributed by atoms with Crippen LogP contribution in [0.25, 0.3) is 0 Å². The van der Waals surface area contributed by atoms with E-state index in [1.54, 1.807) is 0 Å². The molecule has 0 aliphatic rings. The molecule has 0 spiro atoms. The summed E-state index contributed by atoms with van der Waals surface area (Å²) >= 11 is 5.88. The molecule has 1 atom stereocenters. The quantitative estimate of drug-likeness (QED) is 0.738. The zero-order valence-corrected chi connectivity index (χ0v) is 10.8. The molecule has 0 fully saturated rings. The Morgan fingerprint density at radius 3 is 2.88 bits per heavy atom. The third kappa shape index (κ3) is 5.38. The van der Waals surface area contributed by atoms with Crippen molar-refractivity contribution in [3.63, 3.8) is 0 Å². The van der Waals surface area contributed by atoms with Gasteiger partial charge in [-0.05, 0) is 51.1 Å². The summed E-state index contributed by atoms with van der Waals surface area (Å²) in [6, 6.07) is 7.53. The number of rotatable bonds is 7. The van der Waals surface area contributed by atoms with E-state index in [1.165, 1.54) is 6.42 Å². The molecule has 0 saturated heterocycles. The van der Waals surface area contributed by atoms with Crippen LogP contribution < -0.4 is 10.1 Å². The number of hydrogen-bond donors (Lipinski definition) is 1. The first-order valence-electron chi connectivity index (χ1n) is 5.85. The normalized spacial score (nSPS) is 12.4. The maximum atomic E-state index is 5.88. The lowest BCUT2D eigenvalue weighted by Gasteiger charge is -2.15. The Morgan fingerprint density at radius 2 is 2.19 bits per heavy atom. The van der Waals surface area contributed by atoms with Crippen LogP contribution in [0.3, 0.4) is 0 Å². The average molecular weight is 242 g/mol. The molecular weight excluding hydrogens is 222 g/mol. The second-order valence-corrected chi connectivity index (χ2v) is 4.36. The Balaban J connectivity index is 2.25. The topological polar surface area (TPSA) is 21.3 Å². The van der Waals surface area contributed by atoms with Gasteiger partial charge < -0.3 is 10.1 Å². The zero-order valence-electron chi connectivity index (χ0n) is 10.0. The van der Waals surface area contributed by atoms with Gasteiger partial charge in [-0.1, -0.05) is 24.6 Å². The van der Waals surface area contributed by atoms with Gasteiger partial charge in [0.25, 0.3) is 0 Å². The van der Waals surface area contributed by atoms with E-state index in [1.807, 2.05) is 24.3 Å². The molecule has 0 heterocycles. The maximum absolute atomic E-state index is 5.88. The molecule has 1 aromatic carbocycles. The Kier molecular flexibility index (Phi) is 6.27. The van der Waals surface area contributed by atoms with Gasteiger partial charge in [0.05, 0.1) is 6.10 Å². The Labute approximate surface area is 103 Å². The highest BCUT2D eigenvalue weighted by molar-refractivity contribution is 6.30. The SMILES string of the molecule is CCCNCCC(C)Oc1cccc(Cl)c1. The Morgan fingerprint density at radius 1 is 1.38 bits per heavy atom. The second kappa shape index (κ2) is 7.53. The number of ether oxygens (including phenoxy) is 1. The summed E-state index contributed by atoms with van der Waals surface area (Å²) in [5, 5.41) is 4.07. The van der Waals surface area contributed by atoms with Crippen molar-refractivity contribution in [2.75, 3.05) is 13.1 Å². The van der Waals surface area contributed by atoms with E-state index in [4.69, 9.17) is 16.3 Å². The second-order valence-electron chi connectivity index (χ2n) is 3.92. The molecule has 0 aromatic heterocycles. The molecule has 0 radical (unpaired) electrons. The molecule has 90 valence electrons. The van der Waals surface area contributed by atoms with Gasteiger partial charge in [0.2, 0.25) is 0 Å². The highest BCUT2D eigenvalue weighted by Crippen LogP contribution is 2.18. The molecule has 1 unspecified atom stereocenters. The van der Waals surface area contributed by atoms with E-state index in [2.05, 4.69) is 19.2 Å². The first kappa shape index (κ1) is 13.3. The lowest BCUT2D eigenvalue weighted by molar-refractivity contribution is 0.210. The van der Waals surface area contributed by atoms with Gasteiger partial charge in [-0.2, -0.15) is 0 Å². The van der Waals surface area contributed by atoms with Gasteiger partial charge in [-0.25, -0.2) is 0 Å². The number of benzene rings is 1. The third-order valence-electron chi connectivity index (χ3n) is 2.29. The van der Waals surface area contributed by atoms with Crippen molar-refractivity contribution in [1.29, 1.82) is 0 Å². The van der Waals surface area contributed by atoms with Crippen molar-refractivity contribution in [3.05, 3.63) is 29.3 Å². The van der Waals surface area contributed by atoms with Crippen LogP contribution in [-0.4, -0.2) is 19.2 Å². The predicted molar refractivity (Wildman–Crippen MR) is 69.3 cm³/mol. The lowest BCUT2D eigenvalue weighted by Crippen LogP contribution is -2.22. The molecule has 1 rings (SSSR count). The van der Waals surface area contributed by atoms with Crippen LogP contribution in [0.2, 0.25) is 5.02 Å². The van der Waals surface area contributed by atoms with E-state index in [0.29, 0.717) is 5.02 Å². The van der Waals surface area contributed by atoms with Gasteiger partial charge in [0.1, 0.15) is 5.75 Å². The van der Waals surface area contributed by atoms with Crippen LogP contribution in [0.5, 0.6) is 5.75 Å². The smallest absolute Gasteiger partial charge is 0.121 e. The van der Waals surface area contributed by atoms with Crippen LogP contribution >= 0.6 is 11.6 Å². The predicted octanol–water partition coefficient (Wildman–Crippen LogP) is 3.50. The Bertz CT molecular complexity index is 304. The monoisotopic (exact) mass is 241 g/mol. The van der Waals surface area contributed by atoms with Crippen LogP contribution in [-0.2, 0) is 0 Å². The van der Waals surface area contributed by atoms with Gasteiger partial charge in [0, 0.05) is 5.02 Å². The van der Waals surface area contributed by atoms with Crippen LogP contribution in [0.4, 0.5) is 0 Å². The summed E-state index contributed by atoms with van der Waals surface area (Å²) in [4.78, 5) is 0. The van der Waals surface area contributed by atoms with Crippen LogP contribution in [0.1, 0.15) is 26.7 Å². The molecule has 0 aliphatic carbocycles. The molecule has 2 nitrogen and oxygen atoms in total. The summed E-state index contributed by atoms with van der Waals surface area (Å²) in [5.41, 5.74) is 0.